The lowest BCUT2D eigenvalue weighted by molar-refractivity contribution is 0.138. The summed E-state index contributed by atoms with van der Waals surface area (Å²) < 4.78 is 0. The van der Waals surface area contributed by atoms with Gasteiger partial charge in [0.1, 0.15) is 0 Å². The standard InChI is InChI=1S/C19H39N/c1-3-5-6-7-8-9-10-11-14-19(17-20)15-12-18(4-2)13-16-19/h18H,3-17,20H2,1-2H3. The zero-order valence-corrected chi connectivity index (χ0v) is 14.3. The van der Waals surface area contributed by atoms with Gasteiger partial charge in [-0.05, 0) is 50.0 Å². The first kappa shape index (κ1) is 18.0. The van der Waals surface area contributed by atoms with E-state index in [1.165, 1.54) is 89.9 Å². The van der Waals surface area contributed by atoms with Gasteiger partial charge in [0, 0.05) is 0 Å². The van der Waals surface area contributed by atoms with Gasteiger partial charge in [-0.15, -0.1) is 0 Å². The van der Waals surface area contributed by atoms with Crippen LogP contribution >= 0.6 is 0 Å². The SMILES string of the molecule is CCCCCCCCCCC1(CN)CCC(CC)CC1. The Kier molecular flexibility index (Phi) is 9.59. The fraction of sp³-hybridized carbons (Fsp3) is 1.00. The van der Waals surface area contributed by atoms with E-state index in [4.69, 9.17) is 5.73 Å². The first-order valence-electron chi connectivity index (χ1n) is 9.46. The van der Waals surface area contributed by atoms with Crippen molar-refractivity contribution in [3.05, 3.63) is 0 Å². The molecule has 0 radical (unpaired) electrons. The Labute approximate surface area is 128 Å². The van der Waals surface area contributed by atoms with Crippen LogP contribution in [0.5, 0.6) is 0 Å². The predicted molar refractivity (Wildman–Crippen MR) is 91.0 cm³/mol. The molecule has 0 amide bonds. The third kappa shape index (κ3) is 6.61. The van der Waals surface area contributed by atoms with E-state index in [-0.39, 0.29) is 0 Å². The van der Waals surface area contributed by atoms with Crippen molar-refractivity contribution < 1.29 is 0 Å². The van der Waals surface area contributed by atoms with E-state index >= 15 is 0 Å². The third-order valence-corrected chi connectivity index (χ3v) is 5.74. The number of unbranched alkanes of at least 4 members (excludes halogenated alkanes) is 7. The third-order valence-electron chi connectivity index (χ3n) is 5.74. The van der Waals surface area contributed by atoms with E-state index in [1.807, 2.05) is 0 Å². The second-order valence-corrected chi connectivity index (χ2v) is 7.28. The maximum absolute atomic E-state index is 6.12. The fourth-order valence-corrected chi connectivity index (χ4v) is 3.89. The monoisotopic (exact) mass is 281 g/mol. The lowest BCUT2D eigenvalue weighted by Gasteiger charge is -2.39. The van der Waals surface area contributed by atoms with Crippen LogP contribution in [0.2, 0.25) is 0 Å². The van der Waals surface area contributed by atoms with E-state index in [0.717, 1.165) is 12.5 Å². The molecular weight excluding hydrogens is 242 g/mol. The van der Waals surface area contributed by atoms with Crippen molar-refractivity contribution in [3.8, 4) is 0 Å². The summed E-state index contributed by atoms with van der Waals surface area (Å²) in [5, 5.41) is 0. The van der Waals surface area contributed by atoms with Gasteiger partial charge < -0.3 is 5.73 Å². The number of hydrogen-bond acceptors (Lipinski definition) is 1. The molecule has 0 spiro atoms. The smallest absolute Gasteiger partial charge is 0.00205 e. The highest BCUT2D eigenvalue weighted by molar-refractivity contribution is 4.86. The molecule has 0 aromatic heterocycles. The summed E-state index contributed by atoms with van der Waals surface area (Å²) in [5.74, 6) is 0.994. The lowest BCUT2D eigenvalue weighted by Crippen LogP contribution is -2.34. The zero-order valence-electron chi connectivity index (χ0n) is 14.3. The molecule has 1 nitrogen and oxygen atoms in total. The molecule has 2 N–H and O–H groups in total. The van der Waals surface area contributed by atoms with Gasteiger partial charge in [0.2, 0.25) is 0 Å². The predicted octanol–water partition coefficient (Wildman–Crippen LogP) is 6.06. The molecule has 20 heavy (non-hydrogen) atoms. The van der Waals surface area contributed by atoms with Crippen molar-refractivity contribution in [2.45, 2.75) is 104 Å². The molecule has 0 saturated heterocycles. The Morgan fingerprint density at radius 1 is 0.850 bits per heavy atom. The van der Waals surface area contributed by atoms with Gasteiger partial charge in [0.15, 0.2) is 0 Å². The molecular formula is C19H39N. The highest BCUT2D eigenvalue weighted by Crippen LogP contribution is 2.42. The van der Waals surface area contributed by atoms with Gasteiger partial charge in [-0.1, -0.05) is 71.6 Å². The molecule has 0 aromatic rings. The average molecular weight is 282 g/mol. The van der Waals surface area contributed by atoms with Gasteiger partial charge in [-0.25, -0.2) is 0 Å². The van der Waals surface area contributed by atoms with Crippen LogP contribution in [0, 0.1) is 11.3 Å². The Morgan fingerprint density at radius 3 is 1.90 bits per heavy atom. The van der Waals surface area contributed by atoms with E-state index < -0.39 is 0 Å². The molecule has 0 heterocycles. The van der Waals surface area contributed by atoms with E-state index in [2.05, 4.69) is 13.8 Å². The minimum absolute atomic E-state index is 0.522. The van der Waals surface area contributed by atoms with Crippen LogP contribution < -0.4 is 5.73 Å². The average Bonchev–Trinajstić information content (AvgIpc) is 2.50. The molecule has 120 valence electrons. The fourth-order valence-electron chi connectivity index (χ4n) is 3.89. The van der Waals surface area contributed by atoms with Crippen molar-refractivity contribution >= 4 is 0 Å². The summed E-state index contributed by atoms with van der Waals surface area (Å²) >= 11 is 0. The Morgan fingerprint density at radius 2 is 1.40 bits per heavy atom. The maximum atomic E-state index is 6.12. The Bertz CT molecular complexity index is 216. The van der Waals surface area contributed by atoms with Crippen molar-refractivity contribution in [2.75, 3.05) is 6.54 Å². The summed E-state index contributed by atoms with van der Waals surface area (Å²) in [5.41, 5.74) is 6.64. The number of hydrogen-bond donors (Lipinski definition) is 1. The molecule has 1 fully saturated rings. The zero-order chi connectivity index (χ0) is 14.7. The summed E-state index contributed by atoms with van der Waals surface area (Å²) in [6.07, 6.45) is 19.9. The molecule has 0 unspecified atom stereocenters. The molecule has 0 aromatic carbocycles. The van der Waals surface area contributed by atoms with Crippen LogP contribution in [0.25, 0.3) is 0 Å². The largest absolute Gasteiger partial charge is 0.330 e. The van der Waals surface area contributed by atoms with Crippen LogP contribution in [0.3, 0.4) is 0 Å². The van der Waals surface area contributed by atoms with Crippen molar-refractivity contribution in [1.29, 1.82) is 0 Å². The van der Waals surface area contributed by atoms with Gasteiger partial charge in [0.25, 0.3) is 0 Å². The highest BCUT2D eigenvalue weighted by atomic mass is 14.6. The van der Waals surface area contributed by atoms with Crippen LogP contribution in [0.15, 0.2) is 0 Å². The first-order chi connectivity index (χ1) is 9.76. The van der Waals surface area contributed by atoms with E-state index in [0.29, 0.717) is 5.41 Å². The molecule has 1 rings (SSSR count). The van der Waals surface area contributed by atoms with Crippen LogP contribution in [-0.4, -0.2) is 6.54 Å². The van der Waals surface area contributed by atoms with E-state index in [9.17, 15) is 0 Å². The summed E-state index contributed by atoms with van der Waals surface area (Å²) in [7, 11) is 0. The van der Waals surface area contributed by atoms with Gasteiger partial charge in [-0.2, -0.15) is 0 Å². The second-order valence-electron chi connectivity index (χ2n) is 7.28. The van der Waals surface area contributed by atoms with E-state index in [1.54, 1.807) is 0 Å². The molecule has 1 heteroatoms. The van der Waals surface area contributed by atoms with Crippen LogP contribution in [0.4, 0.5) is 0 Å². The molecule has 0 aliphatic heterocycles. The quantitative estimate of drug-likeness (QED) is 0.457. The summed E-state index contributed by atoms with van der Waals surface area (Å²) in [6.45, 7) is 5.57. The van der Waals surface area contributed by atoms with Crippen molar-refractivity contribution in [2.24, 2.45) is 17.1 Å². The van der Waals surface area contributed by atoms with Crippen LogP contribution in [0.1, 0.15) is 104 Å². The lowest BCUT2D eigenvalue weighted by atomic mass is 9.67. The number of rotatable bonds is 11. The van der Waals surface area contributed by atoms with Crippen molar-refractivity contribution in [1.82, 2.24) is 0 Å². The topological polar surface area (TPSA) is 26.0 Å². The van der Waals surface area contributed by atoms with Crippen LogP contribution in [-0.2, 0) is 0 Å². The second kappa shape index (κ2) is 10.7. The van der Waals surface area contributed by atoms with Gasteiger partial charge >= 0.3 is 0 Å². The molecule has 1 saturated carbocycles. The maximum Gasteiger partial charge on any atom is -0.00205 e. The summed E-state index contributed by atoms with van der Waals surface area (Å²) in [6, 6.07) is 0. The Balaban J connectivity index is 2.07. The molecule has 0 atom stereocenters. The molecule has 1 aliphatic rings. The normalized spacial score (nSPS) is 26.9. The first-order valence-corrected chi connectivity index (χ1v) is 9.46. The van der Waals surface area contributed by atoms with Gasteiger partial charge in [-0.3, -0.25) is 0 Å². The summed E-state index contributed by atoms with van der Waals surface area (Å²) in [4.78, 5) is 0. The molecule has 1 aliphatic carbocycles. The minimum Gasteiger partial charge on any atom is -0.330 e. The van der Waals surface area contributed by atoms with Crippen molar-refractivity contribution in [3.63, 3.8) is 0 Å². The van der Waals surface area contributed by atoms with Gasteiger partial charge in [0.05, 0.1) is 0 Å². The highest BCUT2D eigenvalue weighted by Gasteiger charge is 2.32. The molecule has 0 bridgehead atoms. The number of nitrogens with two attached hydrogens (primary N) is 1. The minimum atomic E-state index is 0.522. The Hall–Kier alpha value is -0.0400.